The smallest absolute Gasteiger partial charge is 0.239 e. The first-order valence-electron chi connectivity index (χ1n) is 7.82. The van der Waals surface area contributed by atoms with Crippen molar-refractivity contribution in [3.63, 3.8) is 0 Å². The van der Waals surface area contributed by atoms with E-state index in [2.05, 4.69) is 19.2 Å². The molecule has 1 heterocycles. The van der Waals surface area contributed by atoms with Crippen LogP contribution in [-0.2, 0) is 9.59 Å². The molecule has 0 aromatic heterocycles. The Kier molecular flexibility index (Phi) is 5.02. The monoisotopic (exact) mass is 281 g/mol. The summed E-state index contributed by atoms with van der Waals surface area (Å²) in [7, 11) is 0. The standard InChI is InChI=1S/C15H27N3O2/c1-10(2)9-13(16)15(20)18-7-5-12(6-8-18)17-14(19)11-3-4-11/h10-13H,3-9,16H2,1-2H3,(H,17,19)/t13-/m1/s1. The molecule has 2 amide bonds. The van der Waals surface area contributed by atoms with Gasteiger partial charge >= 0.3 is 0 Å². The van der Waals surface area contributed by atoms with E-state index in [9.17, 15) is 9.59 Å². The highest BCUT2D eigenvalue weighted by Gasteiger charge is 2.32. The second-order valence-corrected chi connectivity index (χ2v) is 6.62. The molecule has 5 nitrogen and oxygen atoms in total. The summed E-state index contributed by atoms with van der Waals surface area (Å²) in [5.41, 5.74) is 5.95. The molecule has 1 atom stereocenters. The number of hydrogen-bond acceptors (Lipinski definition) is 3. The van der Waals surface area contributed by atoms with E-state index in [0.29, 0.717) is 19.0 Å². The van der Waals surface area contributed by atoms with Gasteiger partial charge in [0.25, 0.3) is 0 Å². The fourth-order valence-electron chi connectivity index (χ4n) is 2.75. The average Bonchev–Trinajstić information content (AvgIpc) is 3.22. The Morgan fingerprint density at radius 2 is 1.80 bits per heavy atom. The maximum absolute atomic E-state index is 12.2. The average molecular weight is 281 g/mol. The van der Waals surface area contributed by atoms with Crippen LogP contribution >= 0.6 is 0 Å². The molecule has 3 N–H and O–H groups in total. The van der Waals surface area contributed by atoms with Crippen molar-refractivity contribution in [3.05, 3.63) is 0 Å². The highest BCUT2D eigenvalue weighted by Crippen LogP contribution is 2.29. The van der Waals surface area contributed by atoms with Crippen LogP contribution in [0.2, 0.25) is 0 Å². The summed E-state index contributed by atoms with van der Waals surface area (Å²) in [4.78, 5) is 25.8. The lowest BCUT2D eigenvalue weighted by molar-refractivity contribution is -0.134. The third-order valence-electron chi connectivity index (χ3n) is 4.14. The largest absolute Gasteiger partial charge is 0.353 e. The van der Waals surface area contributed by atoms with Crippen LogP contribution in [0.4, 0.5) is 0 Å². The van der Waals surface area contributed by atoms with Crippen molar-refractivity contribution < 1.29 is 9.59 Å². The van der Waals surface area contributed by atoms with Crippen molar-refractivity contribution in [1.82, 2.24) is 10.2 Å². The predicted octanol–water partition coefficient (Wildman–Crippen LogP) is 0.877. The molecule has 2 rings (SSSR count). The molecule has 2 aliphatic rings. The van der Waals surface area contributed by atoms with Crippen LogP contribution in [0.5, 0.6) is 0 Å². The zero-order valence-electron chi connectivity index (χ0n) is 12.6. The molecule has 0 radical (unpaired) electrons. The Bertz CT molecular complexity index is 358. The van der Waals surface area contributed by atoms with E-state index in [1.807, 2.05) is 4.90 Å². The molecule has 1 saturated carbocycles. The van der Waals surface area contributed by atoms with Gasteiger partial charge in [-0.3, -0.25) is 9.59 Å². The fraction of sp³-hybridized carbons (Fsp3) is 0.867. The van der Waals surface area contributed by atoms with E-state index in [1.165, 1.54) is 0 Å². The molecular formula is C15H27N3O2. The van der Waals surface area contributed by atoms with Gasteiger partial charge in [-0.15, -0.1) is 0 Å². The first-order valence-corrected chi connectivity index (χ1v) is 7.82. The van der Waals surface area contributed by atoms with E-state index in [4.69, 9.17) is 5.73 Å². The lowest BCUT2D eigenvalue weighted by Crippen LogP contribution is -2.51. The van der Waals surface area contributed by atoms with E-state index >= 15 is 0 Å². The summed E-state index contributed by atoms with van der Waals surface area (Å²) in [6, 6.07) is -0.152. The van der Waals surface area contributed by atoms with Crippen LogP contribution in [0.3, 0.4) is 0 Å². The minimum absolute atomic E-state index is 0.0608. The van der Waals surface area contributed by atoms with Gasteiger partial charge in [-0.25, -0.2) is 0 Å². The molecule has 0 bridgehead atoms. The van der Waals surface area contributed by atoms with Crippen molar-refractivity contribution in [2.24, 2.45) is 17.6 Å². The zero-order valence-corrected chi connectivity index (χ0v) is 12.6. The van der Waals surface area contributed by atoms with Crippen molar-refractivity contribution in [1.29, 1.82) is 0 Å². The summed E-state index contributed by atoms with van der Waals surface area (Å²) in [5.74, 6) is 0.954. The minimum Gasteiger partial charge on any atom is -0.353 e. The second kappa shape index (κ2) is 6.57. The first kappa shape index (κ1) is 15.3. The van der Waals surface area contributed by atoms with Gasteiger partial charge < -0.3 is 16.0 Å². The topological polar surface area (TPSA) is 75.4 Å². The lowest BCUT2D eigenvalue weighted by Gasteiger charge is -2.34. The van der Waals surface area contributed by atoms with E-state index in [0.717, 1.165) is 32.1 Å². The van der Waals surface area contributed by atoms with Gasteiger partial charge in [0.1, 0.15) is 0 Å². The van der Waals surface area contributed by atoms with E-state index < -0.39 is 0 Å². The van der Waals surface area contributed by atoms with Gasteiger partial charge in [-0.05, 0) is 38.0 Å². The van der Waals surface area contributed by atoms with Gasteiger partial charge in [0.15, 0.2) is 0 Å². The normalized spacial score (nSPS) is 21.9. The Labute approximate surface area is 121 Å². The summed E-state index contributed by atoms with van der Waals surface area (Å²) >= 11 is 0. The number of likely N-dealkylation sites (tertiary alicyclic amines) is 1. The molecule has 0 spiro atoms. The van der Waals surface area contributed by atoms with Crippen LogP contribution in [0, 0.1) is 11.8 Å². The first-order chi connectivity index (χ1) is 9.47. The molecular weight excluding hydrogens is 254 g/mol. The van der Waals surface area contributed by atoms with Gasteiger partial charge in [0.05, 0.1) is 6.04 Å². The van der Waals surface area contributed by atoms with Gasteiger partial charge in [0, 0.05) is 25.0 Å². The molecule has 5 heteroatoms. The van der Waals surface area contributed by atoms with E-state index in [1.54, 1.807) is 0 Å². The SMILES string of the molecule is CC(C)C[C@@H](N)C(=O)N1CCC(NC(=O)C2CC2)CC1. The number of piperidine rings is 1. The number of nitrogens with two attached hydrogens (primary N) is 1. The van der Waals surface area contributed by atoms with Crippen LogP contribution in [0.15, 0.2) is 0 Å². The third-order valence-corrected chi connectivity index (χ3v) is 4.14. The minimum atomic E-state index is -0.382. The highest BCUT2D eigenvalue weighted by molar-refractivity contribution is 5.82. The summed E-state index contributed by atoms with van der Waals surface area (Å²) in [6.07, 6.45) is 4.49. The Morgan fingerprint density at radius 1 is 1.20 bits per heavy atom. The van der Waals surface area contributed by atoms with Crippen LogP contribution in [0.1, 0.15) is 46.0 Å². The summed E-state index contributed by atoms with van der Waals surface area (Å²) in [5, 5.41) is 3.09. The Morgan fingerprint density at radius 3 is 2.30 bits per heavy atom. The molecule has 1 aliphatic heterocycles. The number of carbonyl (C=O) groups excluding carboxylic acids is 2. The van der Waals surface area contributed by atoms with Crippen LogP contribution in [-0.4, -0.2) is 41.9 Å². The van der Waals surface area contributed by atoms with Crippen LogP contribution < -0.4 is 11.1 Å². The van der Waals surface area contributed by atoms with Crippen LogP contribution in [0.25, 0.3) is 0 Å². The van der Waals surface area contributed by atoms with Gasteiger partial charge in [-0.1, -0.05) is 13.8 Å². The second-order valence-electron chi connectivity index (χ2n) is 6.62. The quantitative estimate of drug-likeness (QED) is 0.785. The van der Waals surface area contributed by atoms with Gasteiger partial charge in [0.2, 0.25) is 11.8 Å². The summed E-state index contributed by atoms with van der Waals surface area (Å²) in [6.45, 7) is 5.57. The number of hydrogen-bond donors (Lipinski definition) is 2. The number of nitrogens with one attached hydrogen (secondary N) is 1. The lowest BCUT2D eigenvalue weighted by atomic mass is 10.0. The molecule has 20 heavy (non-hydrogen) atoms. The van der Waals surface area contributed by atoms with Crippen molar-refractivity contribution in [2.75, 3.05) is 13.1 Å². The maximum Gasteiger partial charge on any atom is 0.239 e. The molecule has 1 aliphatic carbocycles. The molecule has 2 fully saturated rings. The molecule has 114 valence electrons. The number of rotatable bonds is 5. The molecule has 0 aromatic carbocycles. The molecule has 0 unspecified atom stereocenters. The van der Waals surface area contributed by atoms with Crippen molar-refractivity contribution >= 4 is 11.8 Å². The molecule has 0 aromatic rings. The van der Waals surface area contributed by atoms with Crippen molar-refractivity contribution in [3.8, 4) is 0 Å². The summed E-state index contributed by atoms with van der Waals surface area (Å²) < 4.78 is 0. The Balaban J connectivity index is 1.72. The van der Waals surface area contributed by atoms with Gasteiger partial charge in [-0.2, -0.15) is 0 Å². The number of carbonyl (C=O) groups is 2. The molecule has 1 saturated heterocycles. The zero-order chi connectivity index (χ0) is 14.7. The fourth-order valence-corrected chi connectivity index (χ4v) is 2.75. The highest BCUT2D eigenvalue weighted by atomic mass is 16.2. The Hall–Kier alpha value is -1.10. The number of nitrogens with zero attached hydrogens (tertiary/aromatic N) is 1. The van der Waals surface area contributed by atoms with Crippen molar-refractivity contribution in [2.45, 2.75) is 58.0 Å². The predicted molar refractivity (Wildman–Crippen MR) is 77.9 cm³/mol. The van der Waals surface area contributed by atoms with E-state index in [-0.39, 0.29) is 29.8 Å². The third kappa shape index (κ3) is 4.20. The maximum atomic E-state index is 12.2. The number of amides is 2.